The Bertz CT molecular complexity index is 659. The van der Waals surface area contributed by atoms with Crippen LogP contribution in [0, 0.1) is 10.8 Å². The molecule has 8 nitrogen and oxygen atoms in total. The van der Waals surface area contributed by atoms with E-state index in [1.54, 1.807) is 52.3 Å². The van der Waals surface area contributed by atoms with E-state index in [-0.39, 0.29) is 42.5 Å². The van der Waals surface area contributed by atoms with Gasteiger partial charge in [0.1, 0.15) is 0 Å². The number of nitrogens with one attached hydrogen (secondary N) is 2. The van der Waals surface area contributed by atoms with Gasteiger partial charge in [0.15, 0.2) is 13.5 Å². The standard InChI is InChI=1S/C11H19NO3S2.C11H21NO3S2/c1-11(2,3)10(14)15-7-12-9(13)6-8-4-5-16-17-8;1-11(2,3)10(14)15-7-12-9(13)6-8(17)4-5-16/h8H,4-7H2,1-3H3,(H,12,13);8,16-17H,4-7H2,1-3H3,(H,12,13). The molecule has 2 unspecified atom stereocenters. The molecule has 1 aliphatic heterocycles. The number of carbonyl (C=O) groups is 4. The van der Waals surface area contributed by atoms with E-state index < -0.39 is 10.8 Å². The number of esters is 2. The zero-order chi connectivity index (χ0) is 26.4. The monoisotopic (exact) mass is 556 g/mol. The Balaban J connectivity index is 0.000000641. The van der Waals surface area contributed by atoms with Gasteiger partial charge in [-0.2, -0.15) is 25.3 Å². The van der Waals surface area contributed by atoms with E-state index in [1.807, 2.05) is 10.8 Å². The summed E-state index contributed by atoms with van der Waals surface area (Å²) in [6, 6.07) is 0. The van der Waals surface area contributed by atoms with Crippen molar-refractivity contribution >= 4 is 70.6 Å². The van der Waals surface area contributed by atoms with Crippen LogP contribution in [0.2, 0.25) is 0 Å². The molecule has 0 aromatic heterocycles. The van der Waals surface area contributed by atoms with Gasteiger partial charge in [0.05, 0.1) is 10.8 Å². The number of rotatable bonds is 10. The molecular weight excluding hydrogens is 517 g/mol. The second-order valence-corrected chi connectivity index (χ2v) is 13.7. The summed E-state index contributed by atoms with van der Waals surface area (Å²) < 4.78 is 9.87. The fourth-order valence-corrected chi connectivity index (χ4v) is 5.83. The number of carbonyl (C=O) groups excluding carboxylic acids is 4. The van der Waals surface area contributed by atoms with E-state index in [1.165, 1.54) is 0 Å². The minimum atomic E-state index is -0.553. The number of hydrogen-bond acceptors (Lipinski definition) is 10. The van der Waals surface area contributed by atoms with Crippen LogP contribution in [0.1, 0.15) is 67.2 Å². The van der Waals surface area contributed by atoms with Crippen LogP contribution in [0.3, 0.4) is 0 Å². The topological polar surface area (TPSA) is 111 Å². The van der Waals surface area contributed by atoms with Gasteiger partial charge in [-0.3, -0.25) is 19.2 Å². The summed E-state index contributed by atoms with van der Waals surface area (Å²) in [4.78, 5) is 45.7. The average Bonchev–Trinajstić information content (AvgIpc) is 3.19. The Hall–Kier alpha value is -0.720. The van der Waals surface area contributed by atoms with Crippen molar-refractivity contribution in [1.82, 2.24) is 10.6 Å². The summed E-state index contributed by atoms with van der Waals surface area (Å²) in [7, 11) is 3.57. The average molecular weight is 557 g/mol. The summed E-state index contributed by atoms with van der Waals surface area (Å²) in [5.41, 5.74) is -1.08. The molecule has 0 aliphatic carbocycles. The molecule has 2 amide bonds. The smallest absolute Gasteiger partial charge is 0.312 e. The highest BCUT2D eigenvalue weighted by molar-refractivity contribution is 8.77. The predicted molar refractivity (Wildman–Crippen MR) is 146 cm³/mol. The van der Waals surface area contributed by atoms with Gasteiger partial charge >= 0.3 is 11.9 Å². The molecule has 34 heavy (non-hydrogen) atoms. The van der Waals surface area contributed by atoms with Gasteiger partial charge < -0.3 is 20.1 Å². The number of ether oxygens (including phenoxy) is 2. The van der Waals surface area contributed by atoms with Crippen molar-refractivity contribution in [2.24, 2.45) is 10.8 Å². The molecule has 198 valence electrons. The van der Waals surface area contributed by atoms with E-state index in [2.05, 4.69) is 35.9 Å². The van der Waals surface area contributed by atoms with Gasteiger partial charge in [0.25, 0.3) is 0 Å². The second kappa shape index (κ2) is 16.9. The Kier molecular flexibility index (Phi) is 16.5. The molecule has 0 aromatic carbocycles. The van der Waals surface area contributed by atoms with Crippen LogP contribution in [0.25, 0.3) is 0 Å². The molecule has 0 radical (unpaired) electrons. The molecular formula is C22H40N2O6S4. The number of thiol groups is 2. The zero-order valence-electron chi connectivity index (χ0n) is 21.0. The lowest BCUT2D eigenvalue weighted by Gasteiger charge is -2.17. The lowest BCUT2D eigenvalue weighted by molar-refractivity contribution is -0.155. The fourth-order valence-electron chi connectivity index (χ4n) is 2.12. The third-order valence-electron chi connectivity index (χ3n) is 4.19. The molecule has 1 heterocycles. The molecule has 1 saturated heterocycles. The highest BCUT2D eigenvalue weighted by Crippen LogP contribution is 2.39. The molecule has 1 rings (SSSR count). The molecule has 1 fully saturated rings. The maximum Gasteiger partial charge on any atom is 0.312 e. The first-order valence-corrected chi connectivity index (χ1v) is 14.6. The summed E-state index contributed by atoms with van der Waals surface area (Å²) >= 11 is 8.30. The van der Waals surface area contributed by atoms with Crippen molar-refractivity contribution < 1.29 is 28.7 Å². The van der Waals surface area contributed by atoms with Gasteiger partial charge in [-0.1, -0.05) is 21.6 Å². The van der Waals surface area contributed by atoms with E-state index in [0.717, 1.165) is 18.6 Å². The van der Waals surface area contributed by atoms with E-state index in [4.69, 9.17) is 9.47 Å². The van der Waals surface area contributed by atoms with E-state index in [0.29, 0.717) is 23.8 Å². The lowest BCUT2D eigenvalue weighted by Crippen LogP contribution is -2.32. The van der Waals surface area contributed by atoms with Crippen LogP contribution in [0.5, 0.6) is 0 Å². The van der Waals surface area contributed by atoms with Crippen LogP contribution >= 0.6 is 46.8 Å². The summed E-state index contributed by atoms with van der Waals surface area (Å²) in [5, 5.41) is 5.52. The first-order valence-electron chi connectivity index (χ1n) is 11.1. The summed E-state index contributed by atoms with van der Waals surface area (Å²) in [6.07, 6.45) is 2.65. The van der Waals surface area contributed by atoms with Crippen LogP contribution in [0.4, 0.5) is 0 Å². The Labute approximate surface area is 222 Å². The van der Waals surface area contributed by atoms with Crippen molar-refractivity contribution in [1.29, 1.82) is 0 Å². The molecule has 12 heteroatoms. The van der Waals surface area contributed by atoms with Crippen molar-refractivity contribution in [3.63, 3.8) is 0 Å². The van der Waals surface area contributed by atoms with Gasteiger partial charge in [0, 0.05) is 29.1 Å². The quantitative estimate of drug-likeness (QED) is 0.139. The van der Waals surface area contributed by atoms with Gasteiger partial charge in [-0.05, 0) is 60.1 Å². The van der Waals surface area contributed by atoms with E-state index in [9.17, 15) is 19.2 Å². The van der Waals surface area contributed by atoms with Gasteiger partial charge in [0.2, 0.25) is 11.8 Å². The first-order chi connectivity index (χ1) is 15.7. The number of hydrogen-bond donors (Lipinski definition) is 4. The summed E-state index contributed by atoms with van der Waals surface area (Å²) in [5.74, 6) is 0.946. The van der Waals surface area contributed by atoms with Crippen LogP contribution in [0.15, 0.2) is 0 Å². The predicted octanol–water partition coefficient (Wildman–Crippen LogP) is 3.85. The normalized spacial score (nSPS) is 16.5. The van der Waals surface area contributed by atoms with Crippen molar-refractivity contribution in [3.05, 3.63) is 0 Å². The molecule has 0 saturated carbocycles. The highest BCUT2D eigenvalue weighted by Gasteiger charge is 2.24. The highest BCUT2D eigenvalue weighted by atomic mass is 33.1. The Morgan fingerprint density at radius 2 is 1.44 bits per heavy atom. The minimum Gasteiger partial charge on any atom is -0.444 e. The van der Waals surface area contributed by atoms with Crippen LogP contribution < -0.4 is 10.6 Å². The molecule has 1 aliphatic rings. The van der Waals surface area contributed by atoms with Crippen LogP contribution in [-0.2, 0) is 28.7 Å². The number of amides is 2. The second-order valence-electron chi connectivity index (χ2n) is 9.76. The molecule has 2 N–H and O–H groups in total. The third kappa shape index (κ3) is 16.8. The maximum atomic E-state index is 11.5. The molecule has 0 bridgehead atoms. The lowest BCUT2D eigenvalue weighted by atomic mass is 9.97. The fraction of sp³-hybridized carbons (Fsp3) is 0.818. The zero-order valence-corrected chi connectivity index (χ0v) is 24.4. The molecule has 0 aromatic rings. The maximum absolute atomic E-state index is 11.5. The largest absolute Gasteiger partial charge is 0.444 e. The van der Waals surface area contributed by atoms with Crippen molar-refractivity contribution in [2.45, 2.75) is 77.7 Å². The SMILES string of the molecule is CC(C)(C)C(=O)OCNC(=O)CC(S)CCS.CC(C)(C)C(=O)OCNC(=O)CC1CCSS1. The van der Waals surface area contributed by atoms with Crippen LogP contribution in [-0.4, -0.2) is 59.2 Å². The van der Waals surface area contributed by atoms with E-state index >= 15 is 0 Å². The van der Waals surface area contributed by atoms with Gasteiger partial charge in [-0.25, -0.2) is 0 Å². The molecule has 2 atom stereocenters. The van der Waals surface area contributed by atoms with Crippen molar-refractivity contribution in [3.8, 4) is 0 Å². The Morgan fingerprint density at radius 3 is 1.85 bits per heavy atom. The Morgan fingerprint density at radius 1 is 0.941 bits per heavy atom. The van der Waals surface area contributed by atoms with Crippen molar-refractivity contribution in [2.75, 3.05) is 25.0 Å². The first kappa shape index (κ1) is 33.3. The summed E-state index contributed by atoms with van der Waals surface area (Å²) in [6.45, 7) is 10.5. The van der Waals surface area contributed by atoms with Gasteiger partial charge in [-0.15, -0.1) is 0 Å². The minimum absolute atomic E-state index is 0.00850. The third-order valence-corrected chi connectivity index (χ3v) is 7.83. The molecule has 0 spiro atoms.